The molecule has 0 aliphatic heterocycles. The van der Waals surface area contributed by atoms with Gasteiger partial charge in [0.05, 0.1) is 12.0 Å². The van der Waals surface area contributed by atoms with E-state index in [0.717, 1.165) is 22.4 Å². The summed E-state index contributed by atoms with van der Waals surface area (Å²) >= 11 is 1.52. The Balaban J connectivity index is 1.74. The summed E-state index contributed by atoms with van der Waals surface area (Å²) in [5, 5.41) is 0. The molecule has 0 saturated heterocycles. The monoisotopic (exact) mass is 396 g/mol. The number of halogens is 1. The number of rotatable bonds is 8. The molecule has 144 valence electrons. The standard InChI is InChI=1S/C23H21FO3S/c1-3-18-10-13-23(28-18)20(25)11-8-16-9-12-21(26-2)17(14-16)15-27-22-7-5-4-6-19(22)24/h4-14H,3,15H2,1-2H3/b11-8+. The topological polar surface area (TPSA) is 35.5 Å². The first-order valence-electron chi connectivity index (χ1n) is 8.96. The van der Waals surface area contributed by atoms with Crippen LogP contribution in [-0.4, -0.2) is 12.9 Å². The maximum atomic E-state index is 13.7. The second-order valence-corrected chi connectivity index (χ2v) is 7.28. The summed E-state index contributed by atoms with van der Waals surface area (Å²) in [7, 11) is 1.57. The normalized spacial score (nSPS) is 11.0. The summed E-state index contributed by atoms with van der Waals surface area (Å²) in [5.41, 5.74) is 1.61. The fourth-order valence-corrected chi connectivity index (χ4v) is 3.55. The van der Waals surface area contributed by atoms with Gasteiger partial charge in [0.2, 0.25) is 0 Å². The first kappa shape index (κ1) is 19.8. The summed E-state index contributed by atoms with van der Waals surface area (Å²) in [6.45, 7) is 2.22. The van der Waals surface area contributed by atoms with Crippen molar-refractivity contribution < 1.29 is 18.7 Å². The Labute approximate surface area is 168 Å². The number of ether oxygens (including phenoxy) is 2. The highest BCUT2D eigenvalue weighted by atomic mass is 32.1. The maximum absolute atomic E-state index is 13.7. The number of carbonyl (C=O) groups is 1. The van der Waals surface area contributed by atoms with E-state index in [1.165, 1.54) is 22.3 Å². The van der Waals surface area contributed by atoms with Crippen LogP contribution < -0.4 is 9.47 Å². The lowest BCUT2D eigenvalue weighted by Crippen LogP contribution is -2.00. The van der Waals surface area contributed by atoms with Gasteiger partial charge in [0.1, 0.15) is 12.4 Å². The smallest absolute Gasteiger partial charge is 0.195 e. The molecule has 3 nitrogen and oxygen atoms in total. The summed E-state index contributed by atoms with van der Waals surface area (Å²) in [5.74, 6) is 0.394. The van der Waals surface area contributed by atoms with Gasteiger partial charge in [-0.05, 0) is 54.5 Å². The molecule has 2 aromatic carbocycles. The van der Waals surface area contributed by atoms with E-state index in [0.29, 0.717) is 5.75 Å². The van der Waals surface area contributed by atoms with Crippen molar-refractivity contribution in [1.29, 1.82) is 0 Å². The third-order valence-electron chi connectivity index (χ3n) is 4.20. The number of methoxy groups -OCH3 is 1. The summed E-state index contributed by atoms with van der Waals surface area (Å²) in [4.78, 5) is 14.3. The molecule has 3 rings (SSSR count). The van der Waals surface area contributed by atoms with Gasteiger partial charge in [-0.3, -0.25) is 4.79 Å². The molecule has 0 spiro atoms. The number of hydrogen-bond acceptors (Lipinski definition) is 4. The molecule has 0 bridgehead atoms. The van der Waals surface area contributed by atoms with E-state index in [1.54, 1.807) is 37.5 Å². The molecule has 0 aliphatic carbocycles. The van der Waals surface area contributed by atoms with Crippen LogP contribution in [0.4, 0.5) is 4.39 Å². The zero-order valence-corrected chi connectivity index (χ0v) is 16.6. The number of allylic oxidation sites excluding steroid dienone is 1. The largest absolute Gasteiger partial charge is 0.496 e. The van der Waals surface area contributed by atoms with E-state index in [1.807, 2.05) is 30.3 Å². The molecule has 0 radical (unpaired) electrons. The minimum atomic E-state index is -0.412. The van der Waals surface area contributed by atoms with E-state index in [9.17, 15) is 9.18 Å². The Bertz CT molecular complexity index is 991. The number of hydrogen-bond donors (Lipinski definition) is 0. The van der Waals surface area contributed by atoms with Gasteiger partial charge < -0.3 is 9.47 Å². The zero-order valence-electron chi connectivity index (χ0n) is 15.8. The molecule has 28 heavy (non-hydrogen) atoms. The van der Waals surface area contributed by atoms with Gasteiger partial charge in [0.25, 0.3) is 0 Å². The number of aryl methyl sites for hydroxylation is 1. The first-order chi connectivity index (χ1) is 13.6. The highest BCUT2D eigenvalue weighted by Crippen LogP contribution is 2.24. The highest BCUT2D eigenvalue weighted by Gasteiger charge is 2.09. The van der Waals surface area contributed by atoms with Crippen LogP contribution in [0.25, 0.3) is 6.08 Å². The Morgan fingerprint density at radius 1 is 1.11 bits per heavy atom. The van der Waals surface area contributed by atoms with Crippen LogP contribution in [0.1, 0.15) is 32.6 Å². The number of para-hydroxylation sites is 1. The van der Waals surface area contributed by atoms with Gasteiger partial charge in [-0.25, -0.2) is 4.39 Å². The quantitative estimate of drug-likeness (QED) is 0.349. The third kappa shape index (κ3) is 4.87. The van der Waals surface area contributed by atoms with Crippen LogP contribution in [0.2, 0.25) is 0 Å². The van der Waals surface area contributed by atoms with E-state index >= 15 is 0 Å². The van der Waals surface area contributed by atoms with Gasteiger partial charge in [-0.1, -0.05) is 31.2 Å². The van der Waals surface area contributed by atoms with Crippen LogP contribution in [0, 0.1) is 5.82 Å². The fourth-order valence-electron chi connectivity index (χ4n) is 2.69. The van der Waals surface area contributed by atoms with Crippen molar-refractivity contribution in [2.75, 3.05) is 7.11 Å². The Morgan fingerprint density at radius 3 is 2.64 bits per heavy atom. The van der Waals surface area contributed by atoms with Gasteiger partial charge in [-0.15, -0.1) is 11.3 Å². The van der Waals surface area contributed by atoms with Crippen LogP contribution >= 0.6 is 11.3 Å². The van der Waals surface area contributed by atoms with Gasteiger partial charge in [-0.2, -0.15) is 0 Å². The van der Waals surface area contributed by atoms with Crippen molar-refractivity contribution in [2.24, 2.45) is 0 Å². The van der Waals surface area contributed by atoms with Crippen molar-refractivity contribution in [2.45, 2.75) is 20.0 Å². The molecule has 0 N–H and O–H groups in total. The molecule has 5 heteroatoms. The Kier molecular flexibility index (Phi) is 6.61. The Hall–Kier alpha value is -2.92. The summed E-state index contributed by atoms with van der Waals surface area (Å²) in [6, 6.07) is 15.6. The van der Waals surface area contributed by atoms with E-state index in [2.05, 4.69) is 6.92 Å². The molecular formula is C23H21FO3S. The lowest BCUT2D eigenvalue weighted by Gasteiger charge is -2.11. The van der Waals surface area contributed by atoms with Gasteiger partial charge in [0, 0.05) is 10.4 Å². The first-order valence-corrected chi connectivity index (χ1v) is 9.77. The number of thiophene rings is 1. The Morgan fingerprint density at radius 2 is 1.93 bits per heavy atom. The fraction of sp³-hybridized carbons (Fsp3) is 0.174. The predicted molar refractivity (Wildman–Crippen MR) is 111 cm³/mol. The molecule has 0 fully saturated rings. The van der Waals surface area contributed by atoms with Crippen LogP contribution in [0.5, 0.6) is 11.5 Å². The molecule has 1 aromatic heterocycles. The molecule has 0 atom stereocenters. The second-order valence-electron chi connectivity index (χ2n) is 6.11. The van der Waals surface area contributed by atoms with Crippen molar-refractivity contribution in [3.05, 3.63) is 87.4 Å². The van der Waals surface area contributed by atoms with Crippen molar-refractivity contribution >= 4 is 23.2 Å². The van der Waals surface area contributed by atoms with Gasteiger partial charge in [0.15, 0.2) is 17.3 Å². The minimum absolute atomic E-state index is 0.0234. The van der Waals surface area contributed by atoms with Crippen LogP contribution in [0.3, 0.4) is 0 Å². The average molecular weight is 396 g/mol. The minimum Gasteiger partial charge on any atom is -0.496 e. The number of ketones is 1. The number of carbonyl (C=O) groups excluding carboxylic acids is 1. The van der Waals surface area contributed by atoms with Crippen molar-refractivity contribution in [3.8, 4) is 11.5 Å². The van der Waals surface area contributed by atoms with Crippen LogP contribution in [0.15, 0.2) is 60.7 Å². The number of benzene rings is 2. The van der Waals surface area contributed by atoms with E-state index in [-0.39, 0.29) is 18.1 Å². The highest BCUT2D eigenvalue weighted by molar-refractivity contribution is 7.14. The maximum Gasteiger partial charge on any atom is 0.195 e. The lowest BCUT2D eigenvalue weighted by atomic mass is 10.1. The molecule has 0 unspecified atom stereocenters. The lowest BCUT2D eigenvalue weighted by molar-refractivity contribution is 0.105. The summed E-state index contributed by atoms with van der Waals surface area (Å²) in [6.07, 6.45) is 4.25. The average Bonchev–Trinajstić information content (AvgIpc) is 3.21. The van der Waals surface area contributed by atoms with Crippen molar-refractivity contribution in [1.82, 2.24) is 0 Å². The molecule has 0 amide bonds. The zero-order chi connectivity index (χ0) is 19.9. The molecule has 0 saturated carbocycles. The molecule has 1 heterocycles. The second kappa shape index (κ2) is 9.33. The van der Waals surface area contributed by atoms with Crippen molar-refractivity contribution in [3.63, 3.8) is 0 Å². The SMILES string of the molecule is CCc1ccc(C(=O)/C=C/c2ccc(OC)c(COc3ccccc3F)c2)s1. The van der Waals surface area contributed by atoms with E-state index in [4.69, 9.17) is 9.47 Å². The predicted octanol–water partition coefficient (Wildman–Crippen LogP) is 5.93. The summed E-state index contributed by atoms with van der Waals surface area (Å²) < 4.78 is 24.7. The molecule has 3 aromatic rings. The third-order valence-corrected chi connectivity index (χ3v) is 5.45. The molecule has 0 aliphatic rings. The van der Waals surface area contributed by atoms with E-state index < -0.39 is 5.82 Å². The van der Waals surface area contributed by atoms with Gasteiger partial charge >= 0.3 is 0 Å². The van der Waals surface area contributed by atoms with Crippen LogP contribution in [-0.2, 0) is 13.0 Å². The molecular weight excluding hydrogens is 375 g/mol.